The number of esters is 1. The lowest BCUT2D eigenvalue weighted by molar-refractivity contribution is -0.144. The molecule has 0 amide bonds. The van der Waals surface area contributed by atoms with E-state index in [-0.39, 0.29) is 37.0 Å². The maximum atomic E-state index is 12.3. The highest BCUT2D eigenvalue weighted by Crippen LogP contribution is 2.14. The molecule has 0 spiro atoms. The first-order valence-corrected chi connectivity index (χ1v) is 10.7. The quantitative estimate of drug-likeness (QED) is 0.484. The number of benzene rings is 2. The molecule has 2 aromatic carbocycles. The fourth-order valence-electron chi connectivity index (χ4n) is 2.43. The normalized spacial score (nSPS) is 11.2. The number of carbonyl (C=O) groups excluding carboxylic acids is 1. The summed E-state index contributed by atoms with van der Waals surface area (Å²) in [6.07, 6.45) is 0.502. The van der Waals surface area contributed by atoms with E-state index >= 15 is 0 Å². The van der Waals surface area contributed by atoms with Crippen LogP contribution in [0.2, 0.25) is 0 Å². The largest absolute Gasteiger partial charge is 0.490 e. The van der Waals surface area contributed by atoms with Gasteiger partial charge >= 0.3 is 5.97 Å². The van der Waals surface area contributed by atoms with Crippen LogP contribution in [0, 0.1) is 20.8 Å². The summed E-state index contributed by atoms with van der Waals surface area (Å²) >= 11 is 0. The second-order valence-corrected chi connectivity index (χ2v) is 8.40. The van der Waals surface area contributed by atoms with E-state index in [9.17, 15) is 13.2 Å². The third-order valence-electron chi connectivity index (χ3n) is 4.27. The first kappa shape index (κ1) is 21.9. The van der Waals surface area contributed by atoms with Gasteiger partial charge in [-0.15, -0.1) is 0 Å². The Kier molecular flexibility index (Phi) is 8.02. The van der Waals surface area contributed by atoms with E-state index in [4.69, 9.17) is 9.47 Å². The molecule has 28 heavy (non-hydrogen) atoms. The lowest BCUT2D eigenvalue weighted by Gasteiger charge is -2.09. The molecule has 0 unspecified atom stereocenters. The Morgan fingerprint density at radius 2 is 1.68 bits per heavy atom. The number of nitrogens with one attached hydrogen (secondary N) is 1. The molecule has 7 heteroatoms. The maximum absolute atomic E-state index is 12.3. The number of hydrogen-bond donors (Lipinski definition) is 1. The maximum Gasteiger partial charge on any atom is 0.305 e. The Balaban J connectivity index is 1.63. The lowest BCUT2D eigenvalue weighted by Crippen LogP contribution is -2.25. The molecule has 2 rings (SSSR count). The molecule has 0 fully saturated rings. The van der Waals surface area contributed by atoms with Crippen LogP contribution in [0.3, 0.4) is 0 Å². The molecule has 0 saturated carbocycles. The average Bonchev–Trinajstić information content (AvgIpc) is 2.66. The van der Waals surface area contributed by atoms with Gasteiger partial charge in [-0.2, -0.15) is 0 Å². The molecule has 0 bridgehead atoms. The molecule has 0 aromatic heterocycles. The van der Waals surface area contributed by atoms with Crippen molar-refractivity contribution in [2.45, 2.75) is 38.5 Å². The van der Waals surface area contributed by atoms with Crippen molar-refractivity contribution in [2.75, 3.05) is 19.8 Å². The van der Waals surface area contributed by atoms with Gasteiger partial charge < -0.3 is 9.47 Å². The van der Waals surface area contributed by atoms with Gasteiger partial charge in [0.05, 0.1) is 4.90 Å². The number of hydrogen-bond acceptors (Lipinski definition) is 5. The molecular weight excluding hydrogens is 378 g/mol. The monoisotopic (exact) mass is 405 g/mol. The second-order valence-electron chi connectivity index (χ2n) is 6.63. The van der Waals surface area contributed by atoms with Crippen LogP contribution in [-0.2, 0) is 19.6 Å². The van der Waals surface area contributed by atoms with Gasteiger partial charge in [-0.1, -0.05) is 23.8 Å². The van der Waals surface area contributed by atoms with Crippen molar-refractivity contribution < 1.29 is 22.7 Å². The first-order chi connectivity index (χ1) is 13.3. The molecule has 0 heterocycles. The molecule has 0 aliphatic heterocycles. The van der Waals surface area contributed by atoms with Crippen LogP contribution < -0.4 is 9.46 Å². The topological polar surface area (TPSA) is 81.7 Å². The van der Waals surface area contributed by atoms with Gasteiger partial charge in [0, 0.05) is 13.0 Å². The zero-order chi connectivity index (χ0) is 20.6. The third kappa shape index (κ3) is 6.98. The lowest BCUT2D eigenvalue weighted by atomic mass is 10.1. The Bertz CT molecular complexity index is 892. The number of aryl methyl sites for hydroxylation is 3. The highest BCUT2D eigenvalue weighted by atomic mass is 32.2. The smallest absolute Gasteiger partial charge is 0.305 e. The summed E-state index contributed by atoms with van der Waals surface area (Å²) in [4.78, 5) is 11.9. The third-order valence-corrected chi connectivity index (χ3v) is 5.73. The summed E-state index contributed by atoms with van der Waals surface area (Å²) in [6.45, 7) is 6.39. The fourth-order valence-corrected chi connectivity index (χ4v) is 3.58. The fraction of sp³-hybridized carbons (Fsp3) is 0.381. The molecular formula is C21H27NO5S. The van der Waals surface area contributed by atoms with Crippen LogP contribution in [0.5, 0.6) is 5.75 Å². The predicted molar refractivity (Wildman–Crippen MR) is 108 cm³/mol. The van der Waals surface area contributed by atoms with Crippen LogP contribution >= 0.6 is 0 Å². The van der Waals surface area contributed by atoms with E-state index in [0.717, 1.165) is 22.4 Å². The van der Waals surface area contributed by atoms with E-state index in [1.807, 2.05) is 45.0 Å². The van der Waals surface area contributed by atoms with Crippen LogP contribution in [0.4, 0.5) is 0 Å². The van der Waals surface area contributed by atoms with Gasteiger partial charge in [-0.3, -0.25) is 4.79 Å². The van der Waals surface area contributed by atoms with Gasteiger partial charge in [-0.25, -0.2) is 13.1 Å². The van der Waals surface area contributed by atoms with E-state index in [2.05, 4.69) is 4.72 Å². The Labute approximate surface area is 166 Å². The van der Waals surface area contributed by atoms with Crippen molar-refractivity contribution in [3.8, 4) is 5.75 Å². The number of rotatable bonds is 10. The minimum Gasteiger partial charge on any atom is -0.490 e. The summed E-state index contributed by atoms with van der Waals surface area (Å²) < 4.78 is 37.6. The standard InChI is InChI=1S/C21H27NO5S/c1-16-6-9-19(10-7-16)26-13-14-27-21(23)5-4-12-22-28(24,25)20-11-8-17(2)18(3)15-20/h6-11,15,22H,4-5,12-14H2,1-3H3. The molecule has 1 N–H and O–H groups in total. The SMILES string of the molecule is Cc1ccc(OCCOC(=O)CCCNS(=O)(=O)c2ccc(C)c(C)c2)cc1. The van der Waals surface area contributed by atoms with Crippen molar-refractivity contribution in [3.05, 3.63) is 59.2 Å². The van der Waals surface area contributed by atoms with Crippen molar-refractivity contribution in [2.24, 2.45) is 0 Å². The van der Waals surface area contributed by atoms with Crippen LogP contribution in [0.15, 0.2) is 47.4 Å². The van der Waals surface area contributed by atoms with Gasteiger partial charge in [-0.05, 0) is 62.6 Å². The van der Waals surface area contributed by atoms with Crippen LogP contribution in [-0.4, -0.2) is 34.1 Å². The molecule has 0 saturated heterocycles. The average molecular weight is 406 g/mol. The van der Waals surface area contributed by atoms with Crippen molar-refractivity contribution in [1.29, 1.82) is 0 Å². The van der Waals surface area contributed by atoms with Gasteiger partial charge in [0.25, 0.3) is 0 Å². The van der Waals surface area contributed by atoms with Crippen molar-refractivity contribution >= 4 is 16.0 Å². The zero-order valence-corrected chi connectivity index (χ0v) is 17.3. The predicted octanol–water partition coefficient (Wildman–Crippen LogP) is 3.29. The highest BCUT2D eigenvalue weighted by Gasteiger charge is 2.14. The Morgan fingerprint density at radius 3 is 2.36 bits per heavy atom. The Hall–Kier alpha value is -2.38. The summed E-state index contributed by atoms with van der Waals surface area (Å²) in [7, 11) is -3.57. The molecule has 0 aliphatic carbocycles. The molecule has 0 aliphatic rings. The van der Waals surface area contributed by atoms with Crippen molar-refractivity contribution in [3.63, 3.8) is 0 Å². The van der Waals surface area contributed by atoms with Crippen LogP contribution in [0.25, 0.3) is 0 Å². The van der Waals surface area contributed by atoms with E-state index in [1.54, 1.807) is 18.2 Å². The molecule has 0 radical (unpaired) electrons. The molecule has 2 aromatic rings. The summed E-state index contributed by atoms with van der Waals surface area (Å²) in [5.74, 6) is 0.347. The van der Waals surface area contributed by atoms with Crippen molar-refractivity contribution in [1.82, 2.24) is 4.72 Å². The number of ether oxygens (including phenoxy) is 2. The summed E-state index contributed by atoms with van der Waals surface area (Å²) in [5, 5.41) is 0. The van der Waals surface area contributed by atoms with E-state index < -0.39 is 10.0 Å². The van der Waals surface area contributed by atoms with Gasteiger partial charge in [0.2, 0.25) is 10.0 Å². The van der Waals surface area contributed by atoms with Gasteiger partial charge in [0.1, 0.15) is 19.0 Å². The van der Waals surface area contributed by atoms with Crippen LogP contribution in [0.1, 0.15) is 29.5 Å². The Morgan fingerprint density at radius 1 is 0.964 bits per heavy atom. The second kappa shape index (κ2) is 10.2. The minimum atomic E-state index is -3.57. The number of carbonyl (C=O) groups is 1. The van der Waals surface area contributed by atoms with E-state index in [0.29, 0.717) is 6.42 Å². The zero-order valence-electron chi connectivity index (χ0n) is 16.5. The number of sulfonamides is 1. The molecule has 152 valence electrons. The minimum absolute atomic E-state index is 0.139. The highest BCUT2D eigenvalue weighted by molar-refractivity contribution is 7.89. The van der Waals surface area contributed by atoms with E-state index in [1.165, 1.54) is 0 Å². The summed E-state index contributed by atoms with van der Waals surface area (Å²) in [6, 6.07) is 12.6. The van der Waals surface area contributed by atoms with Gasteiger partial charge in [0.15, 0.2) is 0 Å². The molecule has 6 nitrogen and oxygen atoms in total. The first-order valence-electron chi connectivity index (χ1n) is 9.20. The summed E-state index contributed by atoms with van der Waals surface area (Å²) in [5.41, 5.74) is 3.10. The molecule has 0 atom stereocenters.